The Morgan fingerprint density at radius 1 is 1.00 bits per heavy atom. The number of carbonyl (C=O) groups is 2. The van der Waals surface area contributed by atoms with Crippen molar-refractivity contribution < 1.29 is 9.59 Å². The molecule has 0 aliphatic carbocycles. The summed E-state index contributed by atoms with van der Waals surface area (Å²) in [6.45, 7) is 0. The summed E-state index contributed by atoms with van der Waals surface area (Å²) in [7, 11) is 0. The number of halogens is 2. The van der Waals surface area contributed by atoms with Crippen molar-refractivity contribution in [2.45, 2.75) is 0 Å². The molecule has 0 saturated carbocycles. The highest BCUT2D eigenvalue weighted by Crippen LogP contribution is 1.42. The van der Waals surface area contributed by atoms with E-state index in [2.05, 4.69) is 23.2 Å². The number of carbonyl (C=O) groups excluding carboxylic acids is 2. The van der Waals surface area contributed by atoms with Gasteiger partial charge in [0.25, 0.3) is 0 Å². The minimum absolute atomic E-state index is 0.222. The zero-order valence-corrected chi connectivity index (χ0v) is 4.24. The highest BCUT2D eigenvalue weighted by atomic mass is 35.5. The Kier molecular flexibility index (Phi) is 31.9. The second-order valence-electron chi connectivity index (χ2n) is 0.178. The Bertz CT molecular complexity index is 30.5. The third kappa shape index (κ3) is 5220. The molecule has 4 heteroatoms. The van der Waals surface area contributed by atoms with Crippen LogP contribution in [0.4, 0.5) is 0 Å². The summed E-state index contributed by atoms with van der Waals surface area (Å²) < 4.78 is 0. The smallest absolute Gasteiger partial charge is 0.208 e. The molecule has 0 aromatic heterocycles. The topological polar surface area (TPSA) is 34.1 Å². The quantitative estimate of drug-likeness (QED) is 0.358. The zero-order chi connectivity index (χ0) is 5.41. The molecule has 0 aromatic rings. The molecule has 0 radical (unpaired) electrons. The van der Waals surface area contributed by atoms with Crippen LogP contribution < -0.4 is 0 Å². The lowest BCUT2D eigenvalue weighted by Gasteiger charge is -1.20. The van der Waals surface area contributed by atoms with Crippen LogP contribution in [0.3, 0.4) is 0 Å². The molecule has 0 atom stereocenters. The molecule has 2 nitrogen and oxygen atoms in total. The number of hydrogen-bond acceptors (Lipinski definition) is 2. The van der Waals surface area contributed by atoms with Crippen LogP contribution in [0.15, 0.2) is 0 Å². The fraction of sp³-hybridized carbons (Fsp3) is 0. The van der Waals surface area contributed by atoms with E-state index in [1.54, 1.807) is 0 Å². The van der Waals surface area contributed by atoms with Crippen LogP contribution in [0.1, 0.15) is 0 Å². The first-order valence-electron chi connectivity index (χ1n) is 0.908. The summed E-state index contributed by atoms with van der Waals surface area (Å²) in [5.41, 5.74) is 0. The van der Waals surface area contributed by atoms with Gasteiger partial charge < -0.3 is 0 Å². The average molecular weight is 129 g/mol. The maximum atomic E-state index is 8.57. The van der Waals surface area contributed by atoms with Gasteiger partial charge in [0, 0.05) is 0 Å². The molecule has 0 unspecified atom stereocenters. The number of hydrogen-bond donors (Lipinski definition) is 0. The minimum Gasteiger partial charge on any atom is -0.285 e. The van der Waals surface area contributed by atoms with Crippen LogP contribution in [-0.4, -0.2) is 11.5 Å². The molecule has 0 aliphatic heterocycles. The van der Waals surface area contributed by atoms with Gasteiger partial charge in [0.15, 0.2) is 0 Å². The standard InChI is InChI=1S/2CHClO/c2*2-1-3/h2*1H. The Morgan fingerprint density at radius 3 is 1.00 bits per heavy atom. The van der Waals surface area contributed by atoms with E-state index >= 15 is 0 Å². The van der Waals surface area contributed by atoms with Gasteiger partial charge in [-0.25, -0.2) is 0 Å². The van der Waals surface area contributed by atoms with E-state index in [1.807, 2.05) is 0 Å². The van der Waals surface area contributed by atoms with Crippen molar-refractivity contribution in [3.8, 4) is 0 Å². The first-order chi connectivity index (χ1) is 2.83. The van der Waals surface area contributed by atoms with Crippen LogP contribution in [0, 0.1) is 0 Å². The highest BCUT2D eigenvalue weighted by molar-refractivity contribution is 6.54. The molecular weight excluding hydrogens is 127 g/mol. The van der Waals surface area contributed by atoms with Crippen LogP contribution in [0.25, 0.3) is 0 Å². The van der Waals surface area contributed by atoms with Crippen LogP contribution in [0.2, 0.25) is 0 Å². The van der Waals surface area contributed by atoms with E-state index in [9.17, 15) is 0 Å². The monoisotopic (exact) mass is 128 g/mol. The maximum Gasteiger partial charge on any atom is 0.208 e. The van der Waals surface area contributed by atoms with Gasteiger partial charge >= 0.3 is 0 Å². The molecule has 0 heterocycles. The van der Waals surface area contributed by atoms with E-state index in [0.717, 1.165) is 0 Å². The third-order valence-corrected chi connectivity index (χ3v) is 0. The first-order valence-corrected chi connectivity index (χ1v) is 1.78. The molecule has 0 N–H and O–H groups in total. The van der Waals surface area contributed by atoms with Crippen molar-refractivity contribution in [2.24, 2.45) is 0 Å². The summed E-state index contributed by atoms with van der Waals surface area (Å²) in [6.07, 6.45) is 0. The van der Waals surface area contributed by atoms with Gasteiger partial charge in [-0.05, 0) is 23.2 Å². The molecular formula is C2H2Cl2O2. The van der Waals surface area contributed by atoms with Crippen molar-refractivity contribution in [2.75, 3.05) is 0 Å². The van der Waals surface area contributed by atoms with E-state index in [4.69, 9.17) is 9.59 Å². The lowest BCUT2D eigenvalue weighted by atomic mass is 11.8. The van der Waals surface area contributed by atoms with E-state index in [-0.39, 0.29) is 11.5 Å². The van der Waals surface area contributed by atoms with Crippen molar-refractivity contribution in [3.63, 3.8) is 0 Å². The Hall–Kier alpha value is -0.0800. The van der Waals surface area contributed by atoms with Crippen molar-refractivity contribution >= 4 is 34.7 Å². The van der Waals surface area contributed by atoms with Gasteiger partial charge in [-0.1, -0.05) is 0 Å². The fourth-order valence-electron chi connectivity index (χ4n) is 0. The van der Waals surface area contributed by atoms with Gasteiger partial charge in [0.1, 0.15) is 0 Å². The minimum atomic E-state index is 0.222. The largest absolute Gasteiger partial charge is 0.285 e. The summed E-state index contributed by atoms with van der Waals surface area (Å²) in [5.74, 6) is 0.444. The van der Waals surface area contributed by atoms with Gasteiger partial charge in [-0.3, -0.25) is 9.59 Å². The lowest BCUT2D eigenvalue weighted by molar-refractivity contribution is 0.568. The lowest BCUT2D eigenvalue weighted by Crippen LogP contribution is -1.24. The molecule has 0 saturated heterocycles. The summed E-state index contributed by atoms with van der Waals surface area (Å²) >= 11 is 8.64. The van der Waals surface area contributed by atoms with Crippen LogP contribution >= 0.6 is 23.2 Å². The number of rotatable bonds is 0. The van der Waals surface area contributed by atoms with Gasteiger partial charge in [-0.15, -0.1) is 0 Å². The third-order valence-electron chi connectivity index (χ3n) is 0. The fourth-order valence-corrected chi connectivity index (χ4v) is 0. The first kappa shape index (κ1) is 9.33. The normalized spacial score (nSPS) is 4.33. The maximum absolute atomic E-state index is 8.57. The summed E-state index contributed by atoms with van der Waals surface area (Å²) in [5, 5.41) is 0. The SMILES string of the molecule is O=CCl.O=CCl. The predicted molar refractivity (Wildman–Crippen MR) is 25.2 cm³/mol. The van der Waals surface area contributed by atoms with Gasteiger partial charge in [0.2, 0.25) is 11.5 Å². The van der Waals surface area contributed by atoms with Gasteiger partial charge in [-0.2, -0.15) is 0 Å². The molecule has 0 bridgehead atoms. The van der Waals surface area contributed by atoms with Gasteiger partial charge in [0.05, 0.1) is 0 Å². The van der Waals surface area contributed by atoms with Crippen LogP contribution in [-0.2, 0) is 9.59 Å². The molecule has 0 aromatic carbocycles. The molecule has 0 amide bonds. The Labute approximate surface area is 45.0 Å². The Morgan fingerprint density at radius 2 is 1.00 bits per heavy atom. The molecule has 36 valence electrons. The average Bonchev–Trinajstić information content (AvgIpc) is 1.39. The molecule has 0 spiro atoms. The second-order valence-corrected chi connectivity index (χ2v) is 0.535. The van der Waals surface area contributed by atoms with E-state index < -0.39 is 0 Å². The second kappa shape index (κ2) is 20.5. The summed E-state index contributed by atoms with van der Waals surface area (Å²) in [6, 6.07) is 0. The summed E-state index contributed by atoms with van der Waals surface area (Å²) in [4.78, 5) is 17.1. The van der Waals surface area contributed by atoms with Crippen LogP contribution in [0.5, 0.6) is 0 Å². The molecule has 0 rings (SSSR count). The van der Waals surface area contributed by atoms with Crippen molar-refractivity contribution in [1.82, 2.24) is 0 Å². The molecule has 0 fully saturated rings. The molecule has 6 heavy (non-hydrogen) atoms. The highest BCUT2D eigenvalue weighted by Gasteiger charge is 1.28. The van der Waals surface area contributed by atoms with E-state index in [1.165, 1.54) is 0 Å². The van der Waals surface area contributed by atoms with Crippen molar-refractivity contribution in [3.05, 3.63) is 0 Å². The predicted octanol–water partition coefficient (Wildman–Crippen LogP) is 0.831. The Balaban J connectivity index is 0. The van der Waals surface area contributed by atoms with E-state index in [0.29, 0.717) is 0 Å². The molecule has 0 aliphatic rings. The zero-order valence-electron chi connectivity index (χ0n) is 2.73. The van der Waals surface area contributed by atoms with Crippen molar-refractivity contribution in [1.29, 1.82) is 0 Å².